The summed E-state index contributed by atoms with van der Waals surface area (Å²) in [6.45, 7) is 0. The van der Waals surface area contributed by atoms with Gasteiger partial charge in [0.25, 0.3) is 0 Å². The molecule has 104 valence electrons. The van der Waals surface area contributed by atoms with E-state index in [0.29, 0.717) is 0 Å². The van der Waals surface area contributed by atoms with Crippen LogP contribution in [0.1, 0.15) is 16.4 Å². The van der Waals surface area contributed by atoms with Gasteiger partial charge < -0.3 is 9.47 Å². The van der Waals surface area contributed by atoms with E-state index in [0.717, 1.165) is 6.07 Å². The summed E-state index contributed by atoms with van der Waals surface area (Å²) < 4.78 is 106. The largest absolute Gasteiger partial charge is 0.457 e. The average molecular weight is 400 g/mol. The van der Waals surface area contributed by atoms with Crippen LogP contribution in [0.4, 0.5) is 0 Å². The molecule has 0 N–H and O–H groups in total. The van der Waals surface area contributed by atoms with Gasteiger partial charge in [-0.1, -0.05) is 36.3 Å². The van der Waals surface area contributed by atoms with Gasteiger partial charge in [-0.3, -0.25) is 0 Å². The standard InChI is InChI=1S/C18H13IO2/c19-14-11-17(20-15-7-3-1-4-8-15)13-18(12-14)21-16-9-5-2-6-10-16/h1-13H/i1D,2D,3D,4D,5D,6D,7D,8D,9D,10D,11D,12D. The molecule has 3 aromatic carbocycles. The molecule has 0 aliphatic rings. The maximum Gasteiger partial charge on any atom is 0.132 e. The van der Waals surface area contributed by atoms with E-state index >= 15 is 0 Å². The quantitative estimate of drug-likeness (QED) is 0.510. The van der Waals surface area contributed by atoms with Crippen molar-refractivity contribution in [1.82, 2.24) is 0 Å². The Labute approximate surface area is 154 Å². The highest BCUT2D eigenvalue weighted by Crippen LogP contribution is 2.30. The van der Waals surface area contributed by atoms with Gasteiger partial charge in [-0.25, -0.2) is 0 Å². The third-order valence-electron chi connectivity index (χ3n) is 2.11. The van der Waals surface area contributed by atoms with E-state index in [-0.39, 0.29) is 27.2 Å². The second-order valence-corrected chi connectivity index (χ2v) is 4.63. The van der Waals surface area contributed by atoms with Gasteiger partial charge in [0.05, 0.1) is 16.4 Å². The summed E-state index contributed by atoms with van der Waals surface area (Å²) in [5.74, 6) is -1.74. The van der Waals surface area contributed by atoms with Crippen LogP contribution < -0.4 is 9.47 Å². The molecule has 0 heterocycles. The average Bonchev–Trinajstić information content (AvgIpc) is 2.80. The number of para-hydroxylation sites is 2. The van der Waals surface area contributed by atoms with E-state index in [1.807, 2.05) is 0 Å². The Kier molecular flexibility index (Phi) is 1.78. The summed E-state index contributed by atoms with van der Waals surface area (Å²) in [6.07, 6.45) is 0. The lowest BCUT2D eigenvalue weighted by Gasteiger charge is -2.10. The molecule has 0 fully saturated rings. The monoisotopic (exact) mass is 400 g/mol. The highest BCUT2D eigenvalue weighted by atomic mass is 127. The minimum Gasteiger partial charge on any atom is -0.457 e. The highest BCUT2D eigenvalue weighted by Gasteiger charge is 2.04. The van der Waals surface area contributed by atoms with Crippen molar-refractivity contribution in [3.63, 3.8) is 0 Å². The second-order valence-electron chi connectivity index (χ2n) is 3.55. The zero-order valence-corrected chi connectivity index (χ0v) is 12.4. The van der Waals surface area contributed by atoms with Crippen molar-refractivity contribution < 1.29 is 25.9 Å². The lowest BCUT2D eigenvalue weighted by Crippen LogP contribution is -1.88. The van der Waals surface area contributed by atoms with Gasteiger partial charge >= 0.3 is 0 Å². The lowest BCUT2D eigenvalue weighted by molar-refractivity contribution is 0.459. The van der Waals surface area contributed by atoms with Gasteiger partial charge in [0.2, 0.25) is 0 Å². The smallest absolute Gasteiger partial charge is 0.132 e. The number of halogens is 1. The molecule has 0 radical (unpaired) electrons. The predicted molar refractivity (Wildman–Crippen MR) is 92.2 cm³/mol. The Morgan fingerprint density at radius 3 is 1.52 bits per heavy atom. The first-order chi connectivity index (χ1) is 15.3. The van der Waals surface area contributed by atoms with Crippen LogP contribution in [0.5, 0.6) is 23.0 Å². The molecule has 3 aromatic rings. The number of ether oxygens (including phenoxy) is 2. The van der Waals surface area contributed by atoms with Crippen molar-refractivity contribution in [2.24, 2.45) is 0 Å². The second kappa shape index (κ2) is 6.63. The van der Waals surface area contributed by atoms with Gasteiger partial charge in [-0.05, 0) is 58.8 Å². The van der Waals surface area contributed by atoms with E-state index in [2.05, 4.69) is 0 Å². The van der Waals surface area contributed by atoms with Crippen molar-refractivity contribution in [3.05, 3.63) is 82.1 Å². The molecular weight excluding hydrogens is 375 g/mol. The van der Waals surface area contributed by atoms with E-state index in [9.17, 15) is 0 Å². The van der Waals surface area contributed by atoms with Gasteiger partial charge in [-0.2, -0.15) is 0 Å². The number of benzene rings is 3. The van der Waals surface area contributed by atoms with E-state index in [1.165, 1.54) is 0 Å². The highest BCUT2D eigenvalue weighted by molar-refractivity contribution is 14.1. The summed E-state index contributed by atoms with van der Waals surface area (Å²) in [5, 5.41) is 0. The first-order valence-electron chi connectivity index (χ1n) is 11.6. The molecule has 0 bridgehead atoms. The van der Waals surface area contributed by atoms with Crippen molar-refractivity contribution in [2.45, 2.75) is 0 Å². The van der Waals surface area contributed by atoms with Gasteiger partial charge in [0, 0.05) is 9.64 Å². The molecule has 0 saturated heterocycles. The molecule has 0 amide bonds. The van der Waals surface area contributed by atoms with Gasteiger partial charge in [0.1, 0.15) is 23.0 Å². The Balaban J connectivity index is 2.17. The Morgan fingerprint density at radius 1 is 0.667 bits per heavy atom. The summed E-state index contributed by atoms with van der Waals surface area (Å²) in [7, 11) is 0. The summed E-state index contributed by atoms with van der Waals surface area (Å²) >= 11 is 1.65. The number of rotatable bonds is 4. The fraction of sp³-hybridized carbons (Fsp3) is 0. The molecule has 0 aliphatic heterocycles. The number of hydrogen-bond donors (Lipinski definition) is 0. The summed E-state index contributed by atoms with van der Waals surface area (Å²) in [5.41, 5.74) is 0. The Bertz CT molecular complexity index is 1160. The molecule has 2 nitrogen and oxygen atoms in total. The van der Waals surface area contributed by atoms with Crippen molar-refractivity contribution in [1.29, 1.82) is 0 Å². The molecule has 3 heteroatoms. The van der Waals surface area contributed by atoms with Crippen LogP contribution in [-0.2, 0) is 0 Å². The molecule has 21 heavy (non-hydrogen) atoms. The third kappa shape index (κ3) is 3.98. The summed E-state index contributed by atoms with van der Waals surface area (Å²) in [4.78, 5) is 0. The lowest BCUT2D eigenvalue weighted by atomic mass is 10.3. The third-order valence-corrected chi connectivity index (χ3v) is 2.65. The van der Waals surface area contributed by atoms with E-state index in [4.69, 9.17) is 25.9 Å². The van der Waals surface area contributed by atoms with Crippen molar-refractivity contribution in [2.75, 3.05) is 0 Å². The van der Waals surface area contributed by atoms with E-state index in [1.54, 1.807) is 22.6 Å². The predicted octanol–water partition coefficient (Wildman–Crippen LogP) is 5.88. The molecule has 0 atom stereocenters. The van der Waals surface area contributed by atoms with Crippen LogP contribution in [0.25, 0.3) is 0 Å². The molecule has 0 aliphatic carbocycles. The number of hydrogen-bond acceptors (Lipinski definition) is 2. The zero-order valence-electron chi connectivity index (χ0n) is 22.3. The van der Waals surface area contributed by atoms with Crippen LogP contribution in [0.3, 0.4) is 0 Å². The molecule has 0 saturated carbocycles. The SMILES string of the molecule is [2H]c1c([2H])c([2H])c(Oc2cc(Oc3c([2H])c([2H])c([2H])c([2H])c3[2H])c([2H])c(I)c2[2H])c([2H])c1[2H]. The van der Waals surface area contributed by atoms with Crippen molar-refractivity contribution >= 4 is 22.6 Å². The fourth-order valence-corrected chi connectivity index (χ4v) is 1.88. The molecule has 0 unspecified atom stereocenters. The molecular formula is C18H13IO2. The topological polar surface area (TPSA) is 18.5 Å². The first kappa shape index (κ1) is 5.65. The summed E-state index contributed by atoms with van der Waals surface area (Å²) in [6, 6.07) is -6.00. The Morgan fingerprint density at radius 2 is 1.10 bits per heavy atom. The van der Waals surface area contributed by atoms with Crippen LogP contribution in [0.2, 0.25) is 0 Å². The maximum atomic E-state index is 8.21. The molecule has 0 aromatic heterocycles. The minimum absolute atomic E-state index is 0.000154. The van der Waals surface area contributed by atoms with E-state index < -0.39 is 71.9 Å². The van der Waals surface area contributed by atoms with Gasteiger partial charge in [0.15, 0.2) is 0 Å². The molecule has 0 spiro atoms. The normalized spacial score (nSPS) is 18.1. The zero-order chi connectivity index (χ0) is 24.9. The van der Waals surface area contributed by atoms with Crippen LogP contribution >= 0.6 is 22.6 Å². The van der Waals surface area contributed by atoms with Crippen LogP contribution in [-0.4, -0.2) is 0 Å². The Hall–Kier alpha value is -2.01. The maximum absolute atomic E-state index is 8.21. The molecule has 3 rings (SSSR count). The van der Waals surface area contributed by atoms with Crippen LogP contribution in [0.15, 0.2) is 78.6 Å². The fourth-order valence-electron chi connectivity index (χ4n) is 1.35. The van der Waals surface area contributed by atoms with Crippen LogP contribution in [0, 0.1) is 3.57 Å². The minimum atomic E-state index is -0.640. The van der Waals surface area contributed by atoms with Crippen molar-refractivity contribution in [3.8, 4) is 23.0 Å². The first-order valence-corrected chi connectivity index (χ1v) is 6.66. The van der Waals surface area contributed by atoms with Gasteiger partial charge in [-0.15, -0.1) is 0 Å².